The smallest absolute Gasteiger partial charge is 0.240 e. The predicted molar refractivity (Wildman–Crippen MR) is 68.5 cm³/mol. The molecule has 0 aromatic carbocycles. The van der Waals surface area contributed by atoms with Crippen LogP contribution in [0.15, 0.2) is 0 Å². The van der Waals surface area contributed by atoms with Gasteiger partial charge in [0.25, 0.3) is 0 Å². The average Bonchev–Trinajstić information content (AvgIpc) is 2.34. The Morgan fingerprint density at radius 2 is 2.11 bits per heavy atom. The van der Waals surface area contributed by atoms with Crippen LogP contribution >= 0.6 is 0 Å². The summed E-state index contributed by atoms with van der Waals surface area (Å²) in [5, 5.41) is 8.74. The van der Waals surface area contributed by atoms with Gasteiger partial charge in [0.2, 0.25) is 15.9 Å². The minimum atomic E-state index is -3.34. The van der Waals surface area contributed by atoms with Crippen LogP contribution in [0.3, 0.4) is 0 Å². The van der Waals surface area contributed by atoms with Crippen molar-refractivity contribution >= 4 is 15.9 Å². The van der Waals surface area contributed by atoms with E-state index in [1.165, 1.54) is 9.21 Å². The molecule has 106 valence electrons. The van der Waals surface area contributed by atoms with Crippen molar-refractivity contribution in [1.29, 1.82) is 0 Å². The largest absolute Gasteiger partial charge is 0.396 e. The Morgan fingerprint density at radius 3 is 2.67 bits per heavy atom. The third-order valence-electron chi connectivity index (χ3n) is 3.19. The summed E-state index contributed by atoms with van der Waals surface area (Å²) in [6.45, 7) is 0.893. The van der Waals surface area contributed by atoms with Crippen LogP contribution in [0.4, 0.5) is 0 Å². The van der Waals surface area contributed by atoms with Crippen molar-refractivity contribution in [3.8, 4) is 0 Å². The van der Waals surface area contributed by atoms with Gasteiger partial charge in [0.1, 0.15) is 6.04 Å². The molecule has 0 spiro atoms. The Balaban J connectivity index is 2.74. The molecule has 6 nitrogen and oxygen atoms in total. The highest BCUT2D eigenvalue weighted by molar-refractivity contribution is 7.88. The number of hydrogen-bond donors (Lipinski definition) is 1. The maximum Gasteiger partial charge on any atom is 0.240 e. The van der Waals surface area contributed by atoms with Crippen LogP contribution in [0.5, 0.6) is 0 Å². The average molecular weight is 278 g/mol. The van der Waals surface area contributed by atoms with E-state index in [9.17, 15) is 13.2 Å². The molecule has 1 rings (SSSR count). The molecule has 0 aromatic heterocycles. The number of sulfonamides is 1. The normalized spacial score (nSPS) is 21.8. The zero-order chi connectivity index (χ0) is 13.8. The van der Waals surface area contributed by atoms with Gasteiger partial charge in [0.15, 0.2) is 0 Å². The molecule has 1 saturated heterocycles. The van der Waals surface area contributed by atoms with Crippen molar-refractivity contribution in [2.75, 3.05) is 33.0 Å². The lowest BCUT2D eigenvalue weighted by Crippen LogP contribution is -2.52. The van der Waals surface area contributed by atoms with Gasteiger partial charge in [-0.1, -0.05) is 6.42 Å². The van der Waals surface area contributed by atoms with E-state index in [1.54, 1.807) is 7.05 Å². The summed E-state index contributed by atoms with van der Waals surface area (Å²) in [5.74, 6) is -0.173. The fourth-order valence-electron chi connectivity index (χ4n) is 2.22. The van der Waals surface area contributed by atoms with Gasteiger partial charge in [-0.3, -0.25) is 4.79 Å². The highest BCUT2D eigenvalue weighted by Crippen LogP contribution is 2.21. The SMILES string of the molecule is CN(CCCO)C(=O)C1CCCCN1S(C)(=O)=O. The van der Waals surface area contributed by atoms with E-state index in [-0.39, 0.29) is 12.5 Å². The number of piperidine rings is 1. The van der Waals surface area contributed by atoms with Gasteiger partial charge in [-0.15, -0.1) is 0 Å². The van der Waals surface area contributed by atoms with E-state index in [2.05, 4.69) is 0 Å². The fourth-order valence-corrected chi connectivity index (χ4v) is 3.34. The van der Waals surface area contributed by atoms with Gasteiger partial charge in [-0.05, 0) is 19.3 Å². The number of carbonyl (C=O) groups is 1. The Hall–Kier alpha value is -0.660. The topological polar surface area (TPSA) is 77.9 Å². The Kier molecular flexibility index (Phi) is 5.55. The van der Waals surface area contributed by atoms with Crippen LogP contribution in [-0.2, 0) is 14.8 Å². The number of aliphatic hydroxyl groups excluding tert-OH is 1. The fraction of sp³-hybridized carbons (Fsp3) is 0.909. The third kappa shape index (κ3) is 3.93. The minimum absolute atomic E-state index is 0.0259. The third-order valence-corrected chi connectivity index (χ3v) is 4.48. The van der Waals surface area contributed by atoms with E-state index >= 15 is 0 Å². The van der Waals surface area contributed by atoms with Crippen molar-refractivity contribution in [3.05, 3.63) is 0 Å². The van der Waals surface area contributed by atoms with Crippen molar-refractivity contribution in [3.63, 3.8) is 0 Å². The summed E-state index contributed by atoms with van der Waals surface area (Å²) in [6, 6.07) is -0.572. The number of aliphatic hydroxyl groups is 1. The molecule has 0 radical (unpaired) electrons. The van der Waals surface area contributed by atoms with Crippen molar-refractivity contribution < 1.29 is 18.3 Å². The van der Waals surface area contributed by atoms with E-state index in [1.807, 2.05) is 0 Å². The molecule has 1 N–H and O–H groups in total. The monoisotopic (exact) mass is 278 g/mol. The van der Waals surface area contributed by atoms with E-state index in [0.717, 1.165) is 19.1 Å². The molecule has 18 heavy (non-hydrogen) atoms. The molecule has 1 atom stereocenters. The minimum Gasteiger partial charge on any atom is -0.396 e. The van der Waals surface area contributed by atoms with E-state index in [0.29, 0.717) is 25.9 Å². The van der Waals surface area contributed by atoms with Crippen molar-refractivity contribution in [2.45, 2.75) is 31.7 Å². The Bertz CT molecular complexity index is 383. The number of amides is 1. The maximum absolute atomic E-state index is 12.2. The van der Waals surface area contributed by atoms with Gasteiger partial charge in [-0.2, -0.15) is 4.31 Å². The summed E-state index contributed by atoms with van der Waals surface area (Å²) < 4.78 is 24.6. The lowest BCUT2D eigenvalue weighted by atomic mass is 10.0. The highest BCUT2D eigenvalue weighted by Gasteiger charge is 2.35. The Morgan fingerprint density at radius 1 is 1.44 bits per heavy atom. The lowest BCUT2D eigenvalue weighted by molar-refractivity contribution is -0.135. The summed E-state index contributed by atoms with van der Waals surface area (Å²) in [5.41, 5.74) is 0. The molecular formula is C11H22N2O4S. The molecule has 1 heterocycles. The van der Waals surface area contributed by atoms with Crippen LogP contribution in [0.1, 0.15) is 25.7 Å². The molecule has 0 bridgehead atoms. The molecule has 1 unspecified atom stereocenters. The maximum atomic E-state index is 12.2. The number of carbonyl (C=O) groups excluding carboxylic acids is 1. The molecule has 7 heteroatoms. The van der Waals surface area contributed by atoms with Gasteiger partial charge < -0.3 is 10.0 Å². The molecule has 0 saturated carbocycles. The number of nitrogens with zero attached hydrogens (tertiary/aromatic N) is 2. The van der Waals surface area contributed by atoms with Crippen LogP contribution in [0.2, 0.25) is 0 Å². The quantitative estimate of drug-likeness (QED) is 0.745. The molecular weight excluding hydrogens is 256 g/mol. The first-order chi connectivity index (χ1) is 8.38. The molecule has 1 aliphatic heterocycles. The van der Waals surface area contributed by atoms with Gasteiger partial charge in [-0.25, -0.2) is 8.42 Å². The lowest BCUT2D eigenvalue weighted by Gasteiger charge is -2.34. The zero-order valence-corrected chi connectivity index (χ0v) is 11.8. The first kappa shape index (κ1) is 15.4. The Labute approximate surface area is 109 Å². The molecule has 1 aliphatic rings. The van der Waals surface area contributed by atoms with Gasteiger partial charge in [0.05, 0.1) is 6.26 Å². The standard InChI is InChI=1S/C11H22N2O4S/c1-12(7-5-9-14)11(15)10-6-3-4-8-13(10)18(2,16)17/h10,14H,3-9H2,1-2H3. The zero-order valence-electron chi connectivity index (χ0n) is 11.0. The molecule has 1 amide bonds. The van der Waals surface area contributed by atoms with Crippen LogP contribution in [-0.4, -0.2) is 67.7 Å². The second-order valence-corrected chi connectivity index (χ2v) is 6.66. The van der Waals surface area contributed by atoms with Gasteiger partial charge >= 0.3 is 0 Å². The number of rotatable bonds is 5. The van der Waals surface area contributed by atoms with Crippen molar-refractivity contribution in [2.24, 2.45) is 0 Å². The van der Waals surface area contributed by atoms with E-state index in [4.69, 9.17) is 5.11 Å². The van der Waals surface area contributed by atoms with Crippen LogP contribution in [0, 0.1) is 0 Å². The molecule has 0 aliphatic carbocycles. The molecule has 0 aromatic rings. The second-order valence-electron chi connectivity index (χ2n) is 4.72. The summed E-state index contributed by atoms with van der Waals surface area (Å²) in [7, 11) is -1.69. The summed E-state index contributed by atoms with van der Waals surface area (Å²) >= 11 is 0. The first-order valence-corrected chi connectivity index (χ1v) is 8.05. The predicted octanol–water partition coefficient (Wildman–Crippen LogP) is -0.359. The highest BCUT2D eigenvalue weighted by atomic mass is 32.2. The first-order valence-electron chi connectivity index (χ1n) is 6.20. The van der Waals surface area contributed by atoms with Crippen molar-refractivity contribution in [1.82, 2.24) is 9.21 Å². The molecule has 1 fully saturated rings. The summed E-state index contributed by atoms with van der Waals surface area (Å²) in [4.78, 5) is 13.7. The van der Waals surface area contributed by atoms with Gasteiger partial charge in [0, 0.05) is 26.7 Å². The van der Waals surface area contributed by atoms with E-state index < -0.39 is 16.1 Å². The number of likely N-dealkylation sites (N-methyl/N-ethyl adjacent to an activating group) is 1. The van der Waals surface area contributed by atoms with Crippen LogP contribution < -0.4 is 0 Å². The summed E-state index contributed by atoms with van der Waals surface area (Å²) in [6.07, 6.45) is 3.91. The van der Waals surface area contributed by atoms with Crippen LogP contribution in [0.25, 0.3) is 0 Å². The number of hydrogen-bond acceptors (Lipinski definition) is 4. The second kappa shape index (κ2) is 6.49.